The number of likely N-dealkylation sites (N-methyl/N-ethyl adjacent to an activating group) is 1. The summed E-state index contributed by atoms with van der Waals surface area (Å²) >= 11 is 0. The highest BCUT2D eigenvalue weighted by Crippen LogP contribution is 2.40. The summed E-state index contributed by atoms with van der Waals surface area (Å²) in [6.45, 7) is 9.18. The van der Waals surface area contributed by atoms with Crippen LogP contribution in [0.2, 0.25) is 0 Å². The SMILES string of the molecule is CCC1C(=O)N(CC)c2ccc(C(N)C(C)CC)cc21. The fraction of sp³-hybridized carbons (Fsp3) is 0.588. The Hall–Kier alpha value is -1.35. The van der Waals surface area contributed by atoms with Gasteiger partial charge in [-0.3, -0.25) is 4.79 Å². The molecule has 1 aromatic rings. The van der Waals surface area contributed by atoms with Crippen molar-refractivity contribution in [2.24, 2.45) is 11.7 Å². The van der Waals surface area contributed by atoms with Gasteiger partial charge in [-0.1, -0.05) is 39.3 Å². The second kappa shape index (κ2) is 5.96. The van der Waals surface area contributed by atoms with Gasteiger partial charge in [0.1, 0.15) is 0 Å². The van der Waals surface area contributed by atoms with Crippen LogP contribution in [0.4, 0.5) is 5.69 Å². The van der Waals surface area contributed by atoms with Crippen LogP contribution in [0.25, 0.3) is 0 Å². The molecule has 3 heteroatoms. The minimum absolute atomic E-state index is 0.00836. The van der Waals surface area contributed by atoms with E-state index in [2.05, 4.69) is 39.0 Å². The zero-order valence-electron chi connectivity index (χ0n) is 13.0. The van der Waals surface area contributed by atoms with Crippen LogP contribution < -0.4 is 10.6 Å². The van der Waals surface area contributed by atoms with Crippen LogP contribution in [0.5, 0.6) is 0 Å². The molecule has 0 spiro atoms. The highest BCUT2D eigenvalue weighted by molar-refractivity contribution is 6.04. The normalized spacial score (nSPS) is 20.9. The van der Waals surface area contributed by atoms with E-state index in [0.29, 0.717) is 5.92 Å². The lowest BCUT2D eigenvalue weighted by Gasteiger charge is -2.20. The Kier molecular flexibility index (Phi) is 4.48. The number of benzene rings is 1. The molecular formula is C17H26N2O. The predicted octanol–water partition coefficient (Wildman–Crippen LogP) is 3.59. The first-order valence-electron chi connectivity index (χ1n) is 7.75. The third-order valence-electron chi connectivity index (χ3n) is 4.65. The lowest BCUT2D eigenvalue weighted by Crippen LogP contribution is -2.28. The molecule has 0 bridgehead atoms. The van der Waals surface area contributed by atoms with Gasteiger partial charge in [0.05, 0.1) is 5.92 Å². The highest BCUT2D eigenvalue weighted by Gasteiger charge is 2.35. The fourth-order valence-electron chi connectivity index (χ4n) is 3.05. The Labute approximate surface area is 122 Å². The summed E-state index contributed by atoms with van der Waals surface area (Å²) in [5.74, 6) is 0.695. The average Bonchev–Trinajstić information content (AvgIpc) is 2.75. The van der Waals surface area contributed by atoms with Crippen molar-refractivity contribution >= 4 is 11.6 Å². The van der Waals surface area contributed by atoms with Crippen LogP contribution in [0.3, 0.4) is 0 Å². The minimum Gasteiger partial charge on any atom is -0.324 e. The molecule has 2 N–H and O–H groups in total. The molecule has 0 aliphatic carbocycles. The lowest BCUT2D eigenvalue weighted by molar-refractivity contribution is -0.119. The van der Waals surface area contributed by atoms with Crippen molar-refractivity contribution in [3.05, 3.63) is 29.3 Å². The number of anilines is 1. The molecule has 0 aromatic heterocycles. The third-order valence-corrected chi connectivity index (χ3v) is 4.65. The standard InChI is InChI=1S/C17H26N2O/c1-5-11(4)16(18)12-8-9-15-14(10-12)13(6-2)17(20)19(15)7-3/h8-11,13,16H,5-7,18H2,1-4H3. The number of carbonyl (C=O) groups is 1. The molecule has 1 aromatic carbocycles. The van der Waals surface area contributed by atoms with Crippen LogP contribution >= 0.6 is 0 Å². The molecule has 0 fully saturated rings. The number of rotatable bonds is 5. The van der Waals surface area contributed by atoms with E-state index in [-0.39, 0.29) is 17.9 Å². The summed E-state index contributed by atoms with van der Waals surface area (Å²) in [4.78, 5) is 14.3. The third kappa shape index (κ3) is 2.35. The smallest absolute Gasteiger partial charge is 0.234 e. The minimum atomic E-state index is 0.00836. The number of amides is 1. The van der Waals surface area contributed by atoms with Gasteiger partial charge in [0, 0.05) is 18.3 Å². The van der Waals surface area contributed by atoms with Crippen LogP contribution in [0.15, 0.2) is 18.2 Å². The second-order valence-electron chi connectivity index (χ2n) is 5.77. The van der Waals surface area contributed by atoms with Crippen molar-refractivity contribution in [2.45, 2.75) is 52.5 Å². The Morgan fingerprint density at radius 3 is 2.55 bits per heavy atom. The van der Waals surface area contributed by atoms with Gasteiger partial charge in [0.2, 0.25) is 5.91 Å². The maximum absolute atomic E-state index is 12.4. The summed E-state index contributed by atoms with van der Waals surface area (Å²) in [6.07, 6.45) is 1.92. The van der Waals surface area contributed by atoms with Crippen molar-refractivity contribution in [2.75, 3.05) is 11.4 Å². The maximum atomic E-state index is 12.4. The van der Waals surface area contributed by atoms with Crippen LogP contribution in [0.1, 0.15) is 63.6 Å². The van der Waals surface area contributed by atoms with Crippen molar-refractivity contribution in [3.63, 3.8) is 0 Å². The zero-order chi connectivity index (χ0) is 14.9. The molecule has 20 heavy (non-hydrogen) atoms. The molecule has 110 valence electrons. The van der Waals surface area contributed by atoms with Gasteiger partial charge in [-0.2, -0.15) is 0 Å². The van der Waals surface area contributed by atoms with E-state index in [0.717, 1.165) is 36.2 Å². The monoisotopic (exact) mass is 274 g/mol. The molecule has 2 rings (SSSR count). The van der Waals surface area contributed by atoms with Crippen molar-refractivity contribution in [3.8, 4) is 0 Å². The molecule has 1 aliphatic rings. The summed E-state index contributed by atoms with van der Waals surface area (Å²) in [7, 11) is 0. The van der Waals surface area contributed by atoms with Crippen LogP contribution in [0, 0.1) is 5.92 Å². The van der Waals surface area contributed by atoms with E-state index in [9.17, 15) is 4.79 Å². The number of nitrogens with two attached hydrogens (primary N) is 1. The first-order chi connectivity index (χ1) is 9.54. The van der Waals surface area contributed by atoms with E-state index in [1.54, 1.807) is 0 Å². The Morgan fingerprint density at radius 1 is 1.30 bits per heavy atom. The topological polar surface area (TPSA) is 46.3 Å². The highest BCUT2D eigenvalue weighted by atomic mass is 16.2. The van der Waals surface area contributed by atoms with Crippen molar-refractivity contribution in [1.29, 1.82) is 0 Å². The summed E-state index contributed by atoms with van der Waals surface area (Å²) in [6, 6.07) is 6.37. The number of fused-ring (bicyclic) bond motifs is 1. The predicted molar refractivity (Wildman–Crippen MR) is 83.9 cm³/mol. The molecule has 1 amide bonds. The van der Waals surface area contributed by atoms with Gasteiger partial charge >= 0.3 is 0 Å². The van der Waals surface area contributed by atoms with Gasteiger partial charge in [-0.15, -0.1) is 0 Å². The van der Waals surface area contributed by atoms with Gasteiger partial charge in [-0.05, 0) is 36.5 Å². The Balaban J connectivity index is 2.41. The van der Waals surface area contributed by atoms with Crippen LogP contribution in [-0.4, -0.2) is 12.5 Å². The fourth-order valence-corrected chi connectivity index (χ4v) is 3.05. The largest absolute Gasteiger partial charge is 0.324 e. The van der Waals surface area contributed by atoms with E-state index in [4.69, 9.17) is 5.73 Å². The second-order valence-corrected chi connectivity index (χ2v) is 5.77. The van der Waals surface area contributed by atoms with Crippen molar-refractivity contribution in [1.82, 2.24) is 0 Å². The molecule has 3 unspecified atom stereocenters. The summed E-state index contributed by atoms with van der Waals surface area (Å²) < 4.78 is 0. The lowest BCUT2D eigenvalue weighted by atomic mass is 9.89. The molecule has 0 saturated heterocycles. The molecule has 3 atom stereocenters. The molecule has 0 radical (unpaired) electrons. The molecule has 0 saturated carbocycles. The molecule has 1 aliphatic heterocycles. The average molecular weight is 274 g/mol. The van der Waals surface area contributed by atoms with E-state index in [1.165, 1.54) is 0 Å². The summed E-state index contributed by atoms with van der Waals surface area (Å²) in [5, 5.41) is 0. The van der Waals surface area contributed by atoms with Crippen molar-refractivity contribution < 1.29 is 4.79 Å². The molecular weight excluding hydrogens is 248 g/mol. The first kappa shape index (κ1) is 15.0. The maximum Gasteiger partial charge on any atom is 0.234 e. The first-order valence-corrected chi connectivity index (χ1v) is 7.75. The Bertz CT molecular complexity index is 498. The van der Waals surface area contributed by atoms with Gasteiger partial charge in [0.25, 0.3) is 0 Å². The van der Waals surface area contributed by atoms with Crippen LogP contribution in [-0.2, 0) is 4.79 Å². The summed E-state index contributed by atoms with van der Waals surface area (Å²) in [5.41, 5.74) is 9.72. The van der Waals surface area contributed by atoms with Gasteiger partial charge in [-0.25, -0.2) is 0 Å². The molecule has 3 nitrogen and oxygen atoms in total. The number of hydrogen-bond acceptors (Lipinski definition) is 2. The number of carbonyl (C=O) groups excluding carboxylic acids is 1. The molecule has 1 heterocycles. The van der Waals surface area contributed by atoms with Gasteiger partial charge in [0.15, 0.2) is 0 Å². The zero-order valence-corrected chi connectivity index (χ0v) is 13.0. The quantitative estimate of drug-likeness (QED) is 0.892. The van der Waals surface area contributed by atoms with Gasteiger partial charge < -0.3 is 10.6 Å². The number of nitrogens with zero attached hydrogens (tertiary/aromatic N) is 1. The van der Waals surface area contributed by atoms with E-state index < -0.39 is 0 Å². The van der Waals surface area contributed by atoms with E-state index >= 15 is 0 Å². The number of hydrogen-bond donors (Lipinski definition) is 1. The van der Waals surface area contributed by atoms with E-state index in [1.807, 2.05) is 11.8 Å². The Morgan fingerprint density at radius 2 is 2.00 bits per heavy atom.